The van der Waals surface area contributed by atoms with Crippen LogP contribution in [0.25, 0.3) is 0 Å². The van der Waals surface area contributed by atoms with Crippen LogP contribution in [0.1, 0.15) is 111 Å². The average molecular weight is 1360 g/mol. The summed E-state index contributed by atoms with van der Waals surface area (Å²) in [6, 6.07) is 0. The fourth-order valence-electron chi connectivity index (χ4n) is 11.4. The first-order valence-corrected chi connectivity index (χ1v) is 45.1. The molecule has 0 fully saturated rings. The molecule has 4 aromatic rings. The van der Waals surface area contributed by atoms with Crippen LogP contribution in [0.2, 0.25) is 83.4 Å². The fourth-order valence-corrected chi connectivity index (χ4v) is 27.4. The maximum absolute atomic E-state index is 17.8. The van der Waals surface area contributed by atoms with E-state index in [2.05, 4.69) is 68.8 Å². The fraction of sp³-hybridized carbons (Fsp3) is 0.492. The Morgan fingerprint density at radius 3 is 0.588 bits per heavy atom. The second-order valence-electron chi connectivity index (χ2n) is 30.0. The van der Waals surface area contributed by atoms with Gasteiger partial charge in [-0.15, -0.1) is 21.9 Å². The molecule has 0 nitrogen and oxygen atoms in total. The minimum absolute atomic E-state index is 0.404. The van der Waals surface area contributed by atoms with Gasteiger partial charge in [0.05, 0.1) is 32.3 Å². The summed E-state index contributed by atoms with van der Waals surface area (Å²) >= 11 is -1.61. The number of hydrogen-bond acceptors (Lipinski definition) is 0. The summed E-state index contributed by atoms with van der Waals surface area (Å²) in [5.41, 5.74) is -8.54. The predicted octanol–water partition coefficient (Wildman–Crippen LogP) is 17.2. The van der Waals surface area contributed by atoms with Crippen molar-refractivity contribution in [1.82, 2.24) is 0 Å². The van der Waals surface area contributed by atoms with Crippen molar-refractivity contribution in [1.29, 1.82) is 0 Å². The molecule has 0 spiro atoms. The van der Waals surface area contributed by atoms with Crippen LogP contribution in [0, 0.1) is 93.1 Å². The van der Waals surface area contributed by atoms with Crippen LogP contribution in [0.5, 0.6) is 0 Å². The standard InChI is InChI=1S/C48H60BF16Si4.2C7H9.CH3.Zr/c1-45(2,3)66(13,14)41-33(58)25(50)21(26(51)34(41)59)49(22-27(52)35(60)42(36(61)28(22)53)67(15,16)46(4,5)6,23-29(54)37(62)43(38(63)30(23)55)68(17,18)47(7,8)9)24-31(56)39(64)44(40(65)32(24)57)69(19,20)48(10,11)12;2*1-6-4-3-5-7(6)2;;/h1-20H3;2*3-5H,1-2H3;1H3;/q-1;;;;-2. The molecule has 6 rings (SSSR count). The van der Waals surface area contributed by atoms with E-state index in [1.165, 1.54) is 135 Å². The molecule has 471 valence electrons. The Hall–Kier alpha value is -3.46. The summed E-state index contributed by atoms with van der Waals surface area (Å²) in [6.45, 7) is 35.6. The van der Waals surface area contributed by atoms with Crippen LogP contribution in [-0.2, 0) is 21.8 Å². The summed E-state index contributed by atoms with van der Waals surface area (Å²) in [7, 11) is -16.1. The van der Waals surface area contributed by atoms with Crippen molar-refractivity contribution in [3.05, 3.63) is 141 Å². The molecule has 0 bridgehead atoms. The Kier molecular flexibility index (Phi) is 19.4. The zero-order chi connectivity index (χ0) is 66.3. The van der Waals surface area contributed by atoms with Crippen molar-refractivity contribution >= 4 is 81.0 Å². The van der Waals surface area contributed by atoms with Crippen molar-refractivity contribution in [2.45, 2.75) is 194 Å². The van der Waals surface area contributed by atoms with Crippen molar-refractivity contribution < 1.29 is 92.0 Å². The van der Waals surface area contributed by atoms with Gasteiger partial charge in [-0.2, -0.15) is 0 Å². The molecule has 2 unspecified atom stereocenters. The molecule has 0 saturated carbocycles. The Balaban J connectivity index is 0.000000704. The first-order valence-electron chi connectivity index (χ1n) is 28.2. The van der Waals surface area contributed by atoms with Gasteiger partial charge < -0.3 is 0 Å². The molecular weight excluding hydrogens is 1280 g/mol. The van der Waals surface area contributed by atoms with E-state index in [0.29, 0.717) is 6.25 Å². The van der Waals surface area contributed by atoms with Crippen LogP contribution in [0.4, 0.5) is 70.2 Å². The van der Waals surface area contributed by atoms with Crippen LogP contribution >= 0.6 is 0 Å². The van der Waals surface area contributed by atoms with Crippen molar-refractivity contribution in [2.24, 2.45) is 0 Å². The van der Waals surface area contributed by atoms with E-state index in [1.54, 1.807) is 11.1 Å². The molecule has 0 heterocycles. The zero-order valence-corrected chi connectivity index (χ0v) is 60.0. The van der Waals surface area contributed by atoms with E-state index >= 15 is 70.2 Å². The van der Waals surface area contributed by atoms with E-state index in [1.807, 2.05) is 0 Å². The van der Waals surface area contributed by atoms with Crippen LogP contribution in [-0.4, -0.2) is 38.4 Å². The van der Waals surface area contributed by atoms with E-state index in [-0.39, 0.29) is 0 Å². The van der Waals surface area contributed by atoms with Gasteiger partial charge in [0.1, 0.15) is 52.7 Å². The molecule has 0 saturated heterocycles. The molecule has 22 heteroatoms. The van der Waals surface area contributed by atoms with Gasteiger partial charge in [-0.1, -0.05) is 135 Å². The Bertz CT molecular complexity index is 3000. The molecule has 0 N–H and O–H groups in total. The third kappa shape index (κ3) is 10.8. The molecule has 2 aliphatic rings. The van der Waals surface area contributed by atoms with Crippen LogP contribution in [0.15, 0.2) is 47.6 Å². The topological polar surface area (TPSA) is 0 Å². The number of benzene rings is 4. The molecule has 85 heavy (non-hydrogen) atoms. The predicted molar refractivity (Wildman–Crippen MR) is 325 cm³/mol. The van der Waals surface area contributed by atoms with E-state index in [9.17, 15) is 0 Å². The molecule has 2 atom stereocenters. The third-order valence-corrected chi connectivity index (χ3v) is 53.8. The van der Waals surface area contributed by atoms with Gasteiger partial charge >= 0.3 is 108 Å². The van der Waals surface area contributed by atoms with Gasteiger partial charge in [-0.25, -0.2) is 70.2 Å². The molecule has 0 amide bonds. The van der Waals surface area contributed by atoms with Crippen LogP contribution < -0.4 is 42.6 Å². The van der Waals surface area contributed by atoms with Crippen LogP contribution in [0.3, 0.4) is 0 Å². The number of rotatable bonds is 10. The zero-order valence-electron chi connectivity index (χ0n) is 53.6. The SMILES string of the molecule is CC(C)(C)[Si](C)(C)c1c(F)c(F)c([B-](c2c(F)c(F)c([Si](C)(C)C(C)(C)C)c(F)c2F)(c2c(F)c(F)c([Si](C)(C)C(C)(C)C)c(F)c2F)c2c(F)c(F)c([Si](C)(C)C(C)(C)C)c(F)c2F)c(F)c1F.CC1=CC=C[C]1(C)[Zr-2]([CH3])[C]1(C)C=CC=C1C. The van der Waals surface area contributed by atoms with Gasteiger partial charge in [-0.3, -0.25) is 0 Å². The minimum atomic E-state index is -6.78. The van der Waals surface area contributed by atoms with Crippen molar-refractivity contribution in [3.8, 4) is 0 Å². The van der Waals surface area contributed by atoms with Gasteiger partial charge in [0, 0.05) is 20.7 Å². The first kappa shape index (κ1) is 72.3. The van der Waals surface area contributed by atoms with Gasteiger partial charge in [0.2, 0.25) is 0 Å². The quantitative estimate of drug-likeness (QED) is 0.0843. The normalized spacial score (nSPS) is 18.4. The Morgan fingerprint density at radius 1 is 0.318 bits per heavy atom. The number of hydrogen-bond donors (Lipinski definition) is 0. The van der Waals surface area contributed by atoms with E-state index in [0.717, 1.165) is 0 Å². The summed E-state index contributed by atoms with van der Waals surface area (Å²) in [5.74, 6) is -44.3. The third-order valence-electron chi connectivity index (χ3n) is 21.7. The number of halogens is 16. The molecular formula is C63H81BF16Si4Zr-3. The van der Waals surface area contributed by atoms with Gasteiger partial charge in [0.15, 0.2) is 46.5 Å². The average Bonchev–Trinajstić information content (AvgIpc) is 1.08. The van der Waals surface area contributed by atoms with Crippen molar-refractivity contribution in [3.63, 3.8) is 0 Å². The maximum atomic E-state index is 17.8. The van der Waals surface area contributed by atoms with Gasteiger partial charge in [-0.05, 0) is 20.2 Å². The van der Waals surface area contributed by atoms with E-state index < -0.39 is 216 Å². The second kappa shape index (κ2) is 22.8. The molecule has 0 aromatic heterocycles. The Morgan fingerprint density at radius 2 is 0.471 bits per heavy atom. The number of allylic oxidation sites excluding steroid dienone is 8. The molecule has 2 aliphatic carbocycles. The first-order chi connectivity index (χ1) is 38.0. The summed E-state index contributed by atoms with van der Waals surface area (Å²) in [6.07, 6.45) is 7.21. The molecule has 4 aromatic carbocycles. The monoisotopic (exact) mass is 1350 g/mol. The second-order valence-corrected chi connectivity index (χ2v) is 59.2. The summed E-state index contributed by atoms with van der Waals surface area (Å²) in [4.78, 5) is 0. The molecule has 0 aliphatic heterocycles. The molecule has 0 radical (unpaired) electrons. The Labute approximate surface area is 504 Å². The summed E-state index contributed by atoms with van der Waals surface area (Å²) < 4.78 is 284. The van der Waals surface area contributed by atoms with E-state index in [4.69, 9.17) is 0 Å². The summed E-state index contributed by atoms with van der Waals surface area (Å²) in [5, 5.41) is -10.7. The van der Waals surface area contributed by atoms with Gasteiger partial charge in [0.25, 0.3) is 0 Å². The van der Waals surface area contributed by atoms with Crippen molar-refractivity contribution in [2.75, 3.05) is 0 Å².